The maximum Gasteiger partial charge on any atom is 0.0630 e. The number of nitrogens with zero attached hydrogens (tertiary/aromatic N) is 1. The molecule has 1 rings (SSSR count). The van der Waals surface area contributed by atoms with Crippen LogP contribution in [-0.2, 0) is 0 Å². The molecule has 0 saturated heterocycles. The van der Waals surface area contributed by atoms with E-state index in [0.717, 1.165) is 5.75 Å². The predicted molar refractivity (Wildman–Crippen MR) is 67.9 cm³/mol. The molecule has 15 heavy (non-hydrogen) atoms. The Morgan fingerprint density at radius 2 is 2.33 bits per heavy atom. The van der Waals surface area contributed by atoms with Gasteiger partial charge in [0.2, 0.25) is 0 Å². The Bertz CT molecular complexity index is 275. The third-order valence-corrected chi connectivity index (χ3v) is 4.62. The van der Waals surface area contributed by atoms with Crippen LogP contribution in [-0.4, -0.2) is 10.5 Å². The molecule has 1 aliphatic rings. The second-order valence-corrected chi connectivity index (χ2v) is 6.53. The molecular weight excluding hydrogens is 202 g/mol. The summed E-state index contributed by atoms with van der Waals surface area (Å²) in [5.41, 5.74) is 1.62. The molecule has 0 radical (unpaired) electrons. The number of rotatable bonds is 4. The van der Waals surface area contributed by atoms with Crippen molar-refractivity contribution in [1.82, 2.24) is 0 Å². The summed E-state index contributed by atoms with van der Waals surface area (Å²) in [6, 6.07) is 2.22. The van der Waals surface area contributed by atoms with Gasteiger partial charge in [-0.15, -0.1) is 0 Å². The molecule has 0 fully saturated rings. The van der Waals surface area contributed by atoms with Gasteiger partial charge in [0.1, 0.15) is 0 Å². The molecule has 1 nitrogen and oxygen atoms in total. The minimum Gasteiger partial charge on any atom is -0.198 e. The normalized spacial score (nSPS) is 26.2. The number of thioether (sulfide) groups is 1. The molecule has 1 atom stereocenters. The van der Waals surface area contributed by atoms with E-state index in [9.17, 15) is 0 Å². The molecule has 1 unspecified atom stereocenters. The van der Waals surface area contributed by atoms with Crippen LogP contribution in [0.3, 0.4) is 0 Å². The fraction of sp³-hybridized carbons (Fsp3) is 0.769. The monoisotopic (exact) mass is 223 g/mol. The summed E-state index contributed by atoms with van der Waals surface area (Å²) in [6.07, 6.45) is 6.80. The van der Waals surface area contributed by atoms with E-state index in [0.29, 0.717) is 17.1 Å². The Hall–Kier alpha value is -0.420. The molecule has 1 aliphatic carbocycles. The second kappa shape index (κ2) is 5.61. The average molecular weight is 223 g/mol. The highest BCUT2D eigenvalue weighted by molar-refractivity contribution is 8.00. The fourth-order valence-electron chi connectivity index (χ4n) is 1.96. The lowest BCUT2D eigenvalue weighted by molar-refractivity contribution is 0.531. The van der Waals surface area contributed by atoms with Crippen LogP contribution >= 0.6 is 11.8 Å². The molecule has 0 aliphatic heterocycles. The lowest BCUT2D eigenvalue weighted by atomic mass is 9.85. The van der Waals surface area contributed by atoms with Crippen LogP contribution in [0.1, 0.15) is 46.5 Å². The van der Waals surface area contributed by atoms with Crippen molar-refractivity contribution < 1.29 is 0 Å². The van der Waals surface area contributed by atoms with E-state index >= 15 is 0 Å². The molecule has 0 aromatic heterocycles. The molecule has 2 heteroatoms. The van der Waals surface area contributed by atoms with Crippen LogP contribution < -0.4 is 0 Å². The Kier molecular flexibility index (Phi) is 4.73. The van der Waals surface area contributed by atoms with Crippen molar-refractivity contribution in [2.24, 2.45) is 5.92 Å². The van der Waals surface area contributed by atoms with Gasteiger partial charge in [-0.3, -0.25) is 0 Å². The fourth-order valence-corrected chi connectivity index (χ4v) is 3.09. The summed E-state index contributed by atoms with van der Waals surface area (Å²) in [5, 5.41) is 8.52. The standard InChI is InChI=1S/C13H21NS/c1-11(2)12-5-7-13(3,8-6-12)15-10-4-9-14/h5,11H,4,6-8,10H2,1-3H3. The molecule has 0 saturated carbocycles. The summed E-state index contributed by atoms with van der Waals surface area (Å²) in [4.78, 5) is 0. The van der Waals surface area contributed by atoms with Gasteiger partial charge in [-0.25, -0.2) is 0 Å². The number of hydrogen-bond acceptors (Lipinski definition) is 2. The first kappa shape index (κ1) is 12.6. The first-order valence-corrected chi connectivity index (χ1v) is 6.76. The van der Waals surface area contributed by atoms with Gasteiger partial charge >= 0.3 is 0 Å². The Labute approximate surface area is 97.9 Å². The number of nitriles is 1. The van der Waals surface area contributed by atoms with E-state index in [1.54, 1.807) is 5.57 Å². The van der Waals surface area contributed by atoms with Crippen molar-refractivity contribution in [2.45, 2.75) is 51.2 Å². The molecule has 0 spiro atoms. The molecular formula is C13H21NS. The Morgan fingerprint density at radius 1 is 1.60 bits per heavy atom. The van der Waals surface area contributed by atoms with Gasteiger partial charge in [-0.1, -0.05) is 32.4 Å². The third-order valence-electron chi connectivity index (χ3n) is 3.14. The van der Waals surface area contributed by atoms with Crippen molar-refractivity contribution in [3.05, 3.63) is 11.6 Å². The molecule has 0 aromatic carbocycles. The summed E-state index contributed by atoms with van der Waals surface area (Å²) in [5.74, 6) is 1.69. The van der Waals surface area contributed by atoms with E-state index < -0.39 is 0 Å². The maximum absolute atomic E-state index is 8.52. The Morgan fingerprint density at radius 3 is 2.80 bits per heavy atom. The van der Waals surface area contributed by atoms with Crippen molar-refractivity contribution in [3.63, 3.8) is 0 Å². The van der Waals surface area contributed by atoms with Gasteiger partial charge in [0.25, 0.3) is 0 Å². The van der Waals surface area contributed by atoms with Crippen LogP contribution in [0.25, 0.3) is 0 Å². The molecule has 84 valence electrons. The van der Waals surface area contributed by atoms with E-state index in [2.05, 4.69) is 32.9 Å². The van der Waals surface area contributed by atoms with E-state index in [4.69, 9.17) is 5.26 Å². The van der Waals surface area contributed by atoms with Crippen molar-refractivity contribution >= 4 is 11.8 Å². The molecule has 0 aromatic rings. The first-order chi connectivity index (χ1) is 7.07. The van der Waals surface area contributed by atoms with E-state index in [-0.39, 0.29) is 0 Å². The zero-order valence-corrected chi connectivity index (χ0v) is 10.9. The molecule has 0 heterocycles. The summed E-state index contributed by atoms with van der Waals surface area (Å²) < 4.78 is 0.384. The summed E-state index contributed by atoms with van der Waals surface area (Å²) in [7, 11) is 0. The topological polar surface area (TPSA) is 23.8 Å². The maximum atomic E-state index is 8.52. The first-order valence-electron chi connectivity index (χ1n) is 5.77. The lowest BCUT2D eigenvalue weighted by Crippen LogP contribution is -2.24. The smallest absolute Gasteiger partial charge is 0.0630 e. The largest absolute Gasteiger partial charge is 0.198 e. The van der Waals surface area contributed by atoms with Crippen LogP contribution in [0, 0.1) is 17.2 Å². The lowest BCUT2D eigenvalue weighted by Gasteiger charge is -2.33. The highest BCUT2D eigenvalue weighted by Crippen LogP contribution is 2.40. The minimum absolute atomic E-state index is 0.384. The highest BCUT2D eigenvalue weighted by Gasteiger charge is 2.27. The van der Waals surface area contributed by atoms with E-state index in [1.807, 2.05) is 11.8 Å². The van der Waals surface area contributed by atoms with Gasteiger partial charge in [0.05, 0.1) is 6.07 Å². The average Bonchev–Trinajstić information content (AvgIpc) is 2.18. The van der Waals surface area contributed by atoms with E-state index in [1.165, 1.54) is 19.3 Å². The SMILES string of the molecule is CC(C)C1=CCC(C)(SCCC#N)CC1. The van der Waals surface area contributed by atoms with Crippen LogP contribution in [0.2, 0.25) is 0 Å². The van der Waals surface area contributed by atoms with Crippen molar-refractivity contribution in [3.8, 4) is 6.07 Å². The number of allylic oxidation sites excluding steroid dienone is 2. The molecule has 0 amide bonds. The zero-order chi connectivity index (χ0) is 11.3. The predicted octanol–water partition coefficient (Wildman–Crippen LogP) is 4.16. The molecule has 0 bridgehead atoms. The molecule has 0 N–H and O–H groups in total. The van der Waals surface area contributed by atoms with Crippen LogP contribution in [0.5, 0.6) is 0 Å². The zero-order valence-electron chi connectivity index (χ0n) is 10.0. The quantitative estimate of drug-likeness (QED) is 0.528. The third kappa shape index (κ3) is 3.91. The van der Waals surface area contributed by atoms with Crippen LogP contribution in [0.4, 0.5) is 0 Å². The summed E-state index contributed by atoms with van der Waals surface area (Å²) in [6.45, 7) is 6.89. The minimum atomic E-state index is 0.384. The Balaban J connectivity index is 2.44. The van der Waals surface area contributed by atoms with Crippen molar-refractivity contribution in [1.29, 1.82) is 5.26 Å². The van der Waals surface area contributed by atoms with Gasteiger partial charge in [-0.2, -0.15) is 17.0 Å². The van der Waals surface area contributed by atoms with Gasteiger partial charge < -0.3 is 0 Å². The second-order valence-electron chi connectivity index (χ2n) is 4.84. The van der Waals surface area contributed by atoms with Crippen molar-refractivity contribution in [2.75, 3.05) is 5.75 Å². The highest BCUT2D eigenvalue weighted by atomic mass is 32.2. The number of hydrogen-bond donors (Lipinski definition) is 0. The van der Waals surface area contributed by atoms with Gasteiger partial charge in [-0.05, 0) is 25.2 Å². The van der Waals surface area contributed by atoms with Gasteiger partial charge in [0, 0.05) is 16.9 Å². The summed E-state index contributed by atoms with van der Waals surface area (Å²) >= 11 is 1.97. The van der Waals surface area contributed by atoms with Gasteiger partial charge in [0.15, 0.2) is 0 Å². The van der Waals surface area contributed by atoms with Crippen LogP contribution in [0.15, 0.2) is 11.6 Å².